The van der Waals surface area contributed by atoms with Crippen molar-refractivity contribution in [3.63, 3.8) is 0 Å². The molecule has 2 amide bonds. The van der Waals surface area contributed by atoms with Crippen molar-refractivity contribution >= 4 is 56.5 Å². The average molecular weight is 482 g/mol. The molecule has 9 heteroatoms. The maximum atomic E-state index is 13.6. The van der Waals surface area contributed by atoms with Gasteiger partial charge < -0.3 is 15.4 Å². The smallest absolute Gasteiger partial charge is 0.262 e. The molecule has 0 atom stereocenters. The number of benzene rings is 3. The van der Waals surface area contributed by atoms with Crippen molar-refractivity contribution in [2.45, 2.75) is 11.3 Å². The highest BCUT2D eigenvalue weighted by Crippen LogP contribution is 2.31. The van der Waals surface area contributed by atoms with Gasteiger partial charge in [-0.2, -0.15) is 0 Å². The summed E-state index contributed by atoms with van der Waals surface area (Å²) < 4.78 is 20.5. The van der Waals surface area contributed by atoms with Crippen LogP contribution in [0.15, 0.2) is 71.1 Å². The van der Waals surface area contributed by atoms with Gasteiger partial charge >= 0.3 is 0 Å². The minimum Gasteiger partial charge on any atom is -0.481 e. The molecule has 0 saturated heterocycles. The van der Waals surface area contributed by atoms with Gasteiger partial charge in [0.15, 0.2) is 22.5 Å². The minimum atomic E-state index is -0.519. The molecule has 4 rings (SSSR count). The summed E-state index contributed by atoms with van der Waals surface area (Å²) in [6, 6.07) is 18.9. The van der Waals surface area contributed by atoms with Gasteiger partial charge in [0.1, 0.15) is 0 Å². The number of carbonyl (C=O) groups excluding carboxylic acids is 2. The number of thioether (sulfide) groups is 1. The maximum Gasteiger partial charge on any atom is 0.262 e. The largest absolute Gasteiger partial charge is 0.481 e. The number of para-hydroxylation sites is 2. The van der Waals surface area contributed by atoms with E-state index in [0.717, 1.165) is 25.8 Å². The van der Waals surface area contributed by atoms with Crippen LogP contribution < -0.4 is 15.4 Å². The Labute approximate surface area is 198 Å². The van der Waals surface area contributed by atoms with Crippen molar-refractivity contribution in [2.24, 2.45) is 0 Å². The lowest BCUT2D eigenvalue weighted by molar-refractivity contribution is -0.118. The Morgan fingerprint density at radius 1 is 1.03 bits per heavy atom. The lowest BCUT2D eigenvalue weighted by Gasteiger charge is -2.08. The second kappa shape index (κ2) is 10.5. The molecule has 168 valence electrons. The third-order valence-electron chi connectivity index (χ3n) is 4.59. The molecule has 2 N–H and O–H groups in total. The number of anilines is 2. The van der Waals surface area contributed by atoms with Gasteiger partial charge in [-0.25, -0.2) is 9.37 Å². The summed E-state index contributed by atoms with van der Waals surface area (Å²) in [5, 5.41) is 5.64. The molecule has 6 nitrogen and oxygen atoms in total. The number of nitrogens with one attached hydrogen (secondary N) is 2. The predicted octanol–water partition coefficient (Wildman–Crippen LogP) is 5.49. The summed E-state index contributed by atoms with van der Waals surface area (Å²) >= 11 is 2.80. The van der Waals surface area contributed by atoms with Crippen molar-refractivity contribution < 1.29 is 18.7 Å². The van der Waals surface area contributed by atoms with Crippen LogP contribution in [-0.4, -0.2) is 29.2 Å². The van der Waals surface area contributed by atoms with Crippen LogP contribution in [0.25, 0.3) is 10.2 Å². The van der Waals surface area contributed by atoms with Crippen molar-refractivity contribution in [1.82, 2.24) is 4.98 Å². The molecule has 0 unspecified atom stereocenters. The zero-order valence-electron chi connectivity index (χ0n) is 17.6. The number of ether oxygens (including phenoxy) is 1. The van der Waals surface area contributed by atoms with E-state index in [0.29, 0.717) is 5.69 Å². The van der Waals surface area contributed by atoms with Gasteiger partial charge in [0.25, 0.3) is 5.91 Å². The molecule has 0 aliphatic carbocycles. The van der Waals surface area contributed by atoms with E-state index < -0.39 is 11.7 Å². The van der Waals surface area contributed by atoms with Gasteiger partial charge in [-0.05, 0) is 48.9 Å². The number of hydrogen-bond donors (Lipinski definition) is 2. The fourth-order valence-corrected chi connectivity index (χ4v) is 4.88. The van der Waals surface area contributed by atoms with E-state index in [1.807, 2.05) is 37.3 Å². The first-order chi connectivity index (χ1) is 16.0. The first-order valence-electron chi connectivity index (χ1n) is 10.0. The van der Waals surface area contributed by atoms with Crippen LogP contribution in [-0.2, 0) is 9.59 Å². The first kappa shape index (κ1) is 22.8. The normalized spacial score (nSPS) is 10.7. The lowest BCUT2D eigenvalue weighted by Crippen LogP contribution is -2.20. The van der Waals surface area contributed by atoms with E-state index in [9.17, 15) is 14.0 Å². The molecule has 33 heavy (non-hydrogen) atoms. The molecule has 1 heterocycles. The van der Waals surface area contributed by atoms with Gasteiger partial charge in [-0.1, -0.05) is 42.1 Å². The summed E-state index contributed by atoms with van der Waals surface area (Å²) in [6.07, 6.45) is 0. The van der Waals surface area contributed by atoms with Crippen molar-refractivity contribution in [1.29, 1.82) is 0 Å². The van der Waals surface area contributed by atoms with Crippen LogP contribution in [0.2, 0.25) is 0 Å². The molecule has 0 saturated carbocycles. The number of rotatable bonds is 8. The summed E-state index contributed by atoms with van der Waals surface area (Å²) in [4.78, 5) is 29.0. The number of thiazole rings is 1. The number of carbonyl (C=O) groups is 2. The Kier molecular flexibility index (Phi) is 7.21. The van der Waals surface area contributed by atoms with E-state index in [1.165, 1.54) is 35.2 Å². The number of hydrogen-bond acceptors (Lipinski definition) is 6. The van der Waals surface area contributed by atoms with E-state index in [1.54, 1.807) is 24.3 Å². The Hall–Kier alpha value is -3.43. The number of aryl methyl sites for hydroxylation is 1. The summed E-state index contributed by atoms with van der Waals surface area (Å²) in [7, 11) is 0. The molecular formula is C24H20FN3O3S2. The van der Waals surface area contributed by atoms with E-state index in [4.69, 9.17) is 4.74 Å². The van der Waals surface area contributed by atoms with Crippen molar-refractivity contribution in [3.05, 3.63) is 78.1 Å². The average Bonchev–Trinajstić information content (AvgIpc) is 3.21. The molecule has 3 aromatic carbocycles. The van der Waals surface area contributed by atoms with Crippen LogP contribution in [0.4, 0.5) is 15.8 Å². The highest BCUT2D eigenvalue weighted by molar-refractivity contribution is 8.01. The van der Waals surface area contributed by atoms with Gasteiger partial charge in [0, 0.05) is 11.4 Å². The number of fused-ring (bicyclic) bond motifs is 1. The zero-order chi connectivity index (χ0) is 23.2. The summed E-state index contributed by atoms with van der Waals surface area (Å²) in [5.41, 5.74) is 3.17. The molecule has 1 aromatic heterocycles. The monoisotopic (exact) mass is 481 g/mol. The second-order valence-electron chi connectivity index (χ2n) is 7.08. The quantitative estimate of drug-likeness (QED) is 0.325. The van der Waals surface area contributed by atoms with Gasteiger partial charge in [-0.3, -0.25) is 9.59 Å². The molecule has 0 aliphatic heterocycles. The van der Waals surface area contributed by atoms with Gasteiger partial charge in [0.05, 0.1) is 16.0 Å². The third kappa shape index (κ3) is 6.09. The first-order valence-corrected chi connectivity index (χ1v) is 11.8. The maximum absolute atomic E-state index is 13.6. The molecule has 0 aliphatic rings. The van der Waals surface area contributed by atoms with E-state index in [2.05, 4.69) is 15.6 Å². The number of nitrogens with zero attached hydrogens (tertiary/aromatic N) is 1. The van der Waals surface area contributed by atoms with Crippen molar-refractivity contribution in [2.75, 3.05) is 23.0 Å². The zero-order valence-corrected chi connectivity index (χ0v) is 19.3. The second-order valence-corrected chi connectivity index (χ2v) is 9.33. The van der Waals surface area contributed by atoms with Gasteiger partial charge in [0.2, 0.25) is 5.91 Å². The molecule has 0 fully saturated rings. The fraction of sp³-hybridized carbons (Fsp3) is 0.125. The van der Waals surface area contributed by atoms with Crippen LogP contribution in [0.1, 0.15) is 5.56 Å². The summed E-state index contributed by atoms with van der Waals surface area (Å²) in [5.74, 6) is -0.751. The Morgan fingerprint density at radius 2 is 1.82 bits per heavy atom. The Balaban J connectivity index is 1.32. The Morgan fingerprint density at radius 3 is 2.64 bits per heavy atom. The molecule has 4 aromatic rings. The fourth-order valence-electron chi connectivity index (χ4n) is 2.97. The van der Waals surface area contributed by atoms with Crippen molar-refractivity contribution in [3.8, 4) is 5.75 Å². The van der Waals surface area contributed by atoms with E-state index >= 15 is 0 Å². The number of aromatic nitrogens is 1. The topological polar surface area (TPSA) is 80.3 Å². The molecule has 0 spiro atoms. The number of halogens is 1. The summed E-state index contributed by atoms with van der Waals surface area (Å²) in [6.45, 7) is 1.64. The lowest BCUT2D eigenvalue weighted by atomic mass is 10.2. The van der Waals surface area contributed by atoms with Crippen LogP contribution in [0.5, 0.6) is 5.75 Å². The highest BCUT2D eigenvalue weighted by atomic mass is 32.2. The SMILES string of the molecule is Cc1ccccc1NC(=O)CSc1nc2ccc(NC(=O)COc3ccccc3F)cc2s1. The Bertz CT molecular complexity index is 1310. The van der Waals surface area contributed by atoms with Crippen LogP contribution >= 0.6 is 23.1 Å². The highest BCUT2D eigenvalue weighted by Gasteiger charge is 2.11. The molecular weight excluding hydrogens is 461 g/mol. The van der Waals surface area contributed by atoms with E-state index in [-0.39, 0.29) is 24.0 Å². The predicted molar refractivity (Wildman–Crippen MR) is 131 cm³/mol. The van der Waals surface area contributed by atoms with Crippen LogP contribution in [0.3, 0.4) is 0 Å². The third-order valence-corrected chi connectivity index (χ3v) is 6.76. The molecule has 0 radical (unpaired) electrons. The molecule has 0 bridgehead atoms. The van der Waals surface area contributed by atoms with Crippen LogP contribution in [0, 0.1) is 12.7 Å². The van der Waals surface area contributed by atoms with Gasteiger partial charge in [-0.15, -0.1) is 11.3 Å². The number of amides is 2. The minimum absolute atomic E-state index is 0.0266. The standard InChI is InChI=1S/C24H20FN3O3S2/c1-15-6-2-4-8-18(15)27-23(30)14-32-24-28-19-11-10-16(12-21(19)33-24)26-22(29)13-31-20-9-5-3-7-17(20)25/h2-12H,13-14H2,1H3,(H,26,29)(H,27,30).